The molecule has 2 aliphatic heterocycles. The highest BCUT2D eigenvalue weighted by Crippen LogP contribution is 2.46. The second-order valence-electron chi connectivity index (χ2n) is 11.2. The first kappa shape index (κ1) is 26.7. The fourth-order valence-corrected chi connectivity index (χ4v) is 6.23. The number of nitrogens with zero attached hydrogens (tertiary/aromatic N) is 4. The number of nitrogens with two attached hydrogens (primary N) is 1. The zero-order chi connectivity index (χ0) is 28.9. The van der Waals surface area contributed by atoms with Crippen LogP contribution in [0.15, 0.2) is 97.3 Å². The van der Waals surface area contributed by atoms with E-state index >= 15 is 0 Å². The fraction of sp³-hybridized carbons (Fsp3) is 0.303. The third-order valence-electron chi connectivity index (χ3n) is 7.96. The van der Waals surface area contributed by atoms with E-state index in [4.69, 9.17) is 24.7 Å². The minimum absolute atomic E-state index is 0.235. The standard InChI is InChI=1S/C33H33N5O4/c1-21-36-29(34)26-30(37-21)38(20-35-26)31-28-27(41-32(2,3)42-28)25(40-31)19-39-33(22-13-7-4-8-14-22,23-15-9-5-10-16-23)24-17-11-6-12-18-24/h4-18,20,25,27-28,31H,19H2,1-3H3,(H2,34,36,37)/t25-,27-,28-,31-/m1/s1. The van der Waals surface area contributed by atoms with Crippen LogP contribution < -0.4 is 5.73 Å². The van der Waals surface area contributed by atoms with Gasteiger partial charge in [-0.05, 0) is 37.5 Å². The quantitative estimate of drug-likeness (QED) is 0.271. The summed E-state index contributed by atoms with van der Waals surface area (Å²) in [5.74, 6) is 0.0807. The molecule has 0 unspecified atom stereocenters. The molecule has 0 spiro atoms. The van der Waals surface area contributed by atoms with Crippen molar-refractivity contribution in [1.82, 2.24) is 19.5 Å². The van der Waals surface area contributed by atoms with E-state index in [0.717, 1.165) is 16.7 Å². The molecule has 2 N–H and O–H groups in total. The molecule has 2 aliphatic rings. The Morgan fingerprint density at radius 1 is 0.833 bits per heavy atom. The largest absolute Gasteiger partial charge is 0.382 e. The second-order valence-corrected chi connectivity index (χ2v) is 11.2. The zero-order valence-electron chi connectivity index (χ0n) is 23.8. The highest BCUT2D eigenvalue weighted by molar-refractivity contribution is 5.81. The summed E-state index contributed by atoms with van der Waals surface area (Å²) >= 11 is 0. The van der Waals surface area contributed by atoms with Gasteiger partial charge in [-0.2, -0.15) is 0 Å². The first-order valence-electron chi connectivity index (χ1n) is 14.1. The number of anilines is 1. The van der Waals surface area contributed by atoms with Gasteiger partial charge in [0.25, 0.3) is 0 Å². The van der Waals surface area contributed by atoms with Crippen LogP contribution in [0.3, 0.4) is 0 Å². The van der Waals surface area contributed by atoms with E-state index in [9.17, 15) is 0 Å². The molecule has 0 aliphatic carbocycles. The number of aryl methyl sites for hydroxylation is 1. The molecule has 2 fully saturated rings. The van der Waals surface area contributed by atoms with E-state index < -0.39 is 29.8 Å². The number of ether oxygens (including phenoxy) is 4. The van der Waals surface area contributed by atoms with Gasteiger partial charge in [-0.3, -0.25) is 4.57 Å². The molecular weight excluding hydrogens is 530 g/mol. The molecule has 4 heterocycles. The van der Waals surface area contributed by atoms with Gasteiger partial charge >= 0.3 is 0 Å². The zero-order valence-corrected chi connectivity index (χ0v) is 23.8. The molecule has 0 radical (unpaired) electrons. The van der Waals surface area contributed by atoms with Crippen molar-refractivity contribution >= 4 is 17.0 Å². The molecule has 9 heteroatoms. The van der Waals surface area contributed by atoms with E-state index in [2.05, 4.69) is 51.4 Å². The minimum atomic E-state index is -0.893. The average Bonchev–Trinajstić information content (AvgIpc) is 3.66. The molecule has 0 saturated carbocycles. The number of fused-ring (bicyclic) bond motifs is 2. The van der Waals surface area contributed by atoms with Crippen molar-refractivity contribution in [2.45, 2.75) is 56.7 Å². The van der Waals surface area contributed by atoms with Crippen molar-refractivity contribution in [3.63, 3.8) is 0 Å². The third kappa shape index (κ3) is 4.46. The molecule has 2 aromatic heterocycles. The Bertz CT molecular complexity index is 1600. The van der Waals surface area contributed by atoms with Gasteiger partial charge in [-0.15, -0.1) is 0 Å². The van der Waals surface area contributed by atoms with Gasteiger partial charge in [0.2, 0.25) is 0 Å². The number of hydrogen-bond acceptors (Lipinski definition) is 8. The topological polar surface area (TPSA) is 107 Å². The SMILES string of the molecule is Cc1nc(N)c2ncn([C@@H]3O[C@H](COC(c4ccccc4)(c4ccccc4)c4ccccc4)[C@H]4OC(C)(C)O[C@H]43)c2n1. The van der Waals surface area contributed by atoms with E-state index in [1.165, 1.54) is 0 Å². The Labute approximate surface area is 244 Å². The van der Waals surface area contributed by atoms with Crippen LogP contribution in [-0.4, -0.2) is 50.2 Å². The molecule has 0 amide bonds. The summed E-state index contributed by atoms with van der Waals surface area (Å²) in [6.45, 7) is 5.87. The molecule has 42 heavy (non-hydrogen) atoms. The fourth-order valence-electron chi connectivity index (χ4n) is 6.23. The predicted molar refractivity (Wildman–Crippen MR) is 157 cm³/mol. The summed E-state index contributed by atoms with van der Waals surface area (Å²) in [6.07, 6.45) is -0.125. The molecule has 7 rings (SSSR count). The Morgan fingerprint density at radius 3 is 1.95 bits per heavy atom. The van der Waals surface area contributed by atoms with Crippen LogP contribution in [0, 0.1) is 6.92 Å². The Balaban J connectivity index is 1.29. The van der Waals surface area contributed by atoms with Gasteiger partial charge in [-0.25, -0.2) is 15.0 Å². The predicted octanol–water partition coefficient (Wildman–Crippen LogP) is 5.14. The van der Waals surface area contributed by atoms with Crippen LogP contribution >= 0.6 is 0 Å². The highest BCUT2D eigenvalue weighted by atomic mass is 16.8. The van der Waals surface area contributed by atoms with Crippen LogP contribution in [0.1, 0.15) is 42.6 Å². The van der Waals surface area contributed by atoms with Crippen LogP contribution in [0.2, 0.25) is 0 Å². The first-order chi connectivity index (χ1) is 20.4. The van der Waals surface area contributed by atoms with Crippen molar-refractivity contribution in [3.05, 3.63) is 120 Å². The number of nitrogen functional groups attached to an aromatic ring is 1. The molecule has 2 saturated heterocycles. The second kappa shape index (κ2) is 10.3. The van der Waals surface area contributed by atoms with Crippen LogP contribution in [0.25, 0.3) is 11.2 Å². The van der Waals surface area contributed by atoms with E-state index in [0.29, 0.717) is 22.8 Å². The van der Waals surface area contributed by atoms with Crippen LogP contribution in [0.4, 0.5) is 5.82 Å². The maximum Gasteiger partial charge on any atom is 0.167 e. The van der Waals surface area contributed by atoms with Crippen LogP contribution in [0.5, 0.6) is 0 Å². The summed E-state index contributed by atoms with van der Waals surface area (Å²) in [6, 6.07) is 30.9. The van der Waals surface area contributed by atoms with E-state index in [1.54, 1.807) is 13.3 Å². The van der Waals surface area contributed by atoms with Gasteiger partial charge in [0.15, 0.2) is 23.5 Å². The third-order valence-corrected chi connectivity index (χ3v) is 7.96. The van der Waals surface area contributed by atoms with E-state index in [-0.39, 0.29) is 12.7 Å². The smallest absolute Gasteiger partial charge is 0.167 e. The lowest BCUT2D eigenvalue weighted by Gasteiger charge is -2.37. The van der Waals surface area contributed by atoms with Crippen molar-refractivity contribution in [3.8, 4) is 0 Å². The summed E-state index contributed by atoms with van der Waals surface area (Å²) in [7, 11) is 0. The molecule has 4 atom stereocenters. The number of imidazole rings is 1. The molecule has 5 aromatic rings. The van der Waals surface area contributed by atoms with E-state index in [1.807, 2.05) is 73.0 Å². The van der Waals surface area contributed by atoms with Crippen molar-refractivity contribution in [1.29, 1.82) is 0 Å². The number of benzene rings is 3. The molecule has 3 aromatic carbocycles. The summed E-state index contributed by atoms with van der Waals surface area (Å²) < 4.78 is 28.5. The Hall–Kier alpha value is -4.15. The van der Waals surface area contributed by atoms with Gasteiger partial charge in [0.05, 0.1) is 12.9 Å². The van der Waals surface area contributed by atoms with Gasteiger partial charge < -0.3 is 24.7 Å². The Morgan fingerprint density at radius 2 is 1.38 bits per heavy atom. The summed E-state index contributed by atoms with van der Waals surface area (Å²) in [5.41, 5.74) is 9.43. The van der Waals surface area contributed by atoms with Crippen molar-refractivity contribution < 1.29 is 18.9 Å². The summed E-state index contributed by atoms with van der Waals surface area (Å²) in [4.78, 5) is 13.4. The monoisotopic (exact) mass is 563 g/mol. The number of rotatable bonds is 7. The molecule has 0 bridgehead atoms. The van der Waals surface area contributed by atoms with Gasteiger partial charge in [-0.1, -0.05) is 91.0 Å². The van der Waals surface area contributed by atoms with Crippen LogP contribution in [-0.2, 0) is 24.5 Å². The molecule has 9 nitrogen and oxygen atoms in total. The maximum absolute atomic E-state index is 7.11. The van der Waals surface area contributed by atoms with Crippen molar-refractivity contribution in [2.75, 3.05) is 12.3 Å². The summed E-state index contributed by atoms with van der Waals surface area (Å²) in [5, 5.41) is 0. The first-order valence-corrected chi connectivity index (χ1v) is 14.1. The molecular formula is C33H33N5O4. The lowest BCUT2D eigenvalue weighted by atomic mass is 9.80. The maximum atomic E-state index is 7.11. The lowest BCUT2D eigenvalue weighted by Crippen LogP contribution is -2.39. The van der Waals surface area contributed by atoms with Crippen molar-refractivity contribution in [2.24, 2.45) is 0 Å². The van der Waals surface area contributed by atoms with Gasteiger partial charge in [0.1, 0.15) is 35.3 Å². The lowest BCUT2D eigenvalue weighted by molar-refractivity contribution is -0.204. The van der Waals surface area contributed by atoms with Gasteiger partial charge in [0, 0.05) is 0 Å². The highest BCUT2D eigenvalue weighted by Gasteiger charge is 2.57. The number of aromatic nitrogens is 4. The average molecular weight is 564 g/mol. The number of hydrogen-bond donors (Lipinski definition) is 1. The Kier molecular flexibility index (Phi) is 6.55. The molecule has 214 valence electrons. The normalized spacial score (nSPS) is 23.3. The minimum Gasteiger partial charge on any atom is -0.382 e.